The minimum atomic E-state index is -4.19. The van der Waals surface area contributed by atoms with E-state index in [0.29, 0.717) is 17.5 Å². The number of nitrogens with one attached hydrogen (secondary N) is 2. The van der Waals surface area contributed by atoms with Gasteiger partial charge in [0.05, 0.1) is 0 Å². The van der Waals surface area contributed by atoms with Crippen molar-refractivity contribution in [1.82, 2.24) is 9.97 Å². The molecule has 0 radical (unpaired) electrons. The Balaban J connectivity index is 2.60. The fourth-order valence-electron chi connectivity index (χ4n) is 1.29. The maximum Gasteiger partial charge on any atom is 0.441 e. The van der Waals surface area contributed by atoms with Crippen LogP contribution in [0.25, 0.3) is 0 Å². The monoisotopic (exact) mass is 294 g/mol. The van der Waals surface area contributed by atoms with E-state index in [-0.39, 0.29) is 30.0 Å². The van der Waals surface area contributed by atoms with E-state index in [9.17, 15) is 13.2 Å². The second-order valence-corrected chi connectivity index (χ2v) is 5.28. The van der Waals surface area contributed by atoms with E-state index in [0.717, 1.165) is 0 Å². The number of hydrogen-bond acceptors (Lipinski definition) is 5. The average Bonchev–Trinajstić information content (AvgIpc) is 2.33. The number of rotatable bonds is 6. The van der Waals surface area contributed by atoms with Crippen LogP contribution in [0.3, 0.4) is 0 Å². The van der Waals surface area contributed by atoms with E-state index in [1.165, 1.54) is 0 Å². The van der Waals surface area contributed by atoms with Crippen LogP contribution in [0.5, 0.6) is 0 Å². The third-order valence-electron chi connectivity index (χ3n) is 2.19. The minimum absolute atomic E-state index is 0.0483. The van der Waals surface area contributed by atoms with Gasteiger partial charge in [-0.2, -0.15) is 13.2 Å². The Morgan fingerprint density at radius 1 is 1.26 bits per heavy atom. The SMILES string of the molecule is CNc1cc(NCCSC(F)(F)F)nc(C(C)C)n1. The van der Waals surface area contributed by atoms with E-state index < -0.39 is 5.51 Å². The molecule has 1 rings (SSSR count). The van der Waals surface area contributed by atoms with Gasteiger partial charge in [-0.3, -0.25) is 0 Å². The molecule has 1 heterocycles. The molecule has 0 amide bonds. The Hall–Kier alpha value is -1.18. The third kappa shape index (κ3) is 6.00. The summed E-state index contributed by atoms with van der Waals surface area (Å²) in [7, 11) is 1.73. The first-order chi connectivity index (χ1) is 8.81. The Bertz CT molecular complexity index is 409. The number of alkyl halides is 3. The zero-order valence-electron chi connectivity index (χ0n) is 11.0. The molecule has 0 aliphatic heterocycles. The molecule has 1 aromatic rings. The summed E-state index contributed by atoms with van der Waals surface area (Å²) in [6.45, 7) is 4.11. The van der Waals surface area contributed by atoms with Crippen LogP contribution in [0.15, 0.2) is 6.07 Å². The molecule has 1 aromatic heterocycles. The highest BCUT2D eigenvalue weighted by atomic mass is 32.2. The smallest absolute Gasteiger partial charge is 0.373 e. The first-order valence-electron chi connectivity index (χ1n) is 5.83. The topological polar surface area (TPSA) is 49.8 Å². The van der Waals surface area contributed by atoms with Gasteiger partial charge in [-0.15, -0.1) is 0 Å². The minimum Gasteiger partial charge on any atom is -0.373 e. The summed E-state index contributed by atoms with van der Waals surface area (Å²) in [6, 6.07) is 1.67. The lowest BCUT2D eigenvalue weighted by Crippen LogP contribution is -2.12. The van der Waals surface area contributed by atoms with Crippen LogP contribution in [0.2, 0.25) is 0 Å². The zero-order valence-corrected chi connectivity index (χ0v) is 11.8. The molecule has 0 unspecified atom stereocenters. The van der Waals surface area contributed by atoms with Crippen molar-refractivity contribution in [3.8, 4) is 0 Å². The predicted molar refractivity (Wildman–Crippen MR) is 72.7 cm³/mol. The second-order valence-electron chi connectivity index (χ2n) is 4.12. The van der Waals surface area contributed by atoms with Crippen molar-refractivity contribution in [2.45, 2.75) is 25.3 Å². The average molecular weight is 294 g/mol. The summed E-state index contributed by atoms with van der Waals surface area (Å²) >= 11 is -0.0483. The van der Waals surface area contributed by atoms with Crippen molar-refractivity contribution in [3.05, 3.63) is 11.9 Å². The first kappa shape index (κ1) is 15.9. The molecule has 8 heteroatoms. The van der Waals surface area contributed by atoms with Crippen molar-refractivity contribution in [2.75, 3.05) is 30.0 Å². The molecule has 19 heavy (non-hydrogen) atoms. The summed E-state index contributed by atoms with van der Waals surface area (Å²) in [5.74, 6) is 1.92. The fraction of sp³-hybridized carbons (Fsp3) is 0.636. The van der Waals surface area contributed by atoms with E-state index in [1.54, 1.807) is 13.1 Å². The Labute approximate surface area is 114 Å². The molecule has 0 atom stereocenters. The number of thioether (sulfide) groups is 1. The van der Waals surface area contributed by atoms with Crippen LogP contribution in [0, 0.1) is 0 Å². The molecule has 0 aromatic carbocycles. The van der Waals surface area contributed by atoms with E-state index in [2.05, 4.69) is 20.6 Å². The predicted octanol–water partition coefficient (Wildman–Crippen LogP) is 3.31. The molecule has 0 bridgehead atoms. The molecule has 4 nitrogen and oxygen atoms in total. The Morgan fingerprint density at radius 2 is 1.89 bits per heavy atom. The summed E-state index contributed by atoms with van der Waals surface area (Å²) in [5.41, 5.74) is -4.19. The van der Waals surface area contributed by atoms with E-state index >= 15 is 0 Å². The van der Waals surface area contributed by atoms with Crippen LogP contribution in [0.1, 0.15) is 25.6 Å². The Morgan fingerprint density at radius 3 is 2.42 bits per heavy atom. The van der Waals surface area contributed by atoms with Crippen LogP contribution in [0.4, 0.5) is 24.8 Å². The molecular formula is C11H17F3N4S. The van der Waals surface area contributed by atoms with Crippen molar-refractivity contribution in [2.24, 2.45) is 0 Å². The second kappa shape index (κ2) is 6.83. The summed E-state index contributed by atoms with van der Waals surface area (Å²) in [4.78, 5) is 8.53. The van der Waals surface area contributed by atoms with Gasteiger partial charge in [0, 0.05) is 31.3 Å². The molecule has 0 fully saturated rings. The van der Waals surface area contributed by atoms with E-state index in [1.807, 2.05) is 13.8 Å². The van der Waals surface area contributed by atoms with Gasteiger partial charge in [0.25, 0.3) is 0 Å². The summed E-state index contributed by atoms with van der Waals surface area (Å²) in [5, 5.41) is 5.78. The standard InChI is InChI=1S/C11H17F3N4S/c1-7(2)10-17-8(15-3)6-9(18-10)16-4-5-19-11(12,13)14/h6-7H,4-5H2,1-3H3,(H2,15,16,17,18). The number of nitrogens with zero attached hydrogens (tertiary/aromatic N) is 2. The molecule has 0 saturated heterocycles. The zero-order chi connectivity index (χ0) is 14.5. The normalized spacial score (nSPS) is 11.7. The maximum atomic E-state index is 12.0. The fourth-order valence-corrected chi connectivity index (χ4v) is 1.72. The molecular weight excluding hydrogens is 277 g/mol. The number of halogens is 3. The molecule has 108 valence electrons. The highest BCUT2D eigenvalue weighted by Crippen LogP contribution is 2.29. The third-order valence-corrected chi connectivity index (χ3v) is 2.93. The molecule has 2 N–H and O–H groups in total. The van der Waals surface area contributed by atoms with Crippen molar-refractivity contribution in [1.29, 1.82) is 0 Å². The number of anilines is 2. The summed E-state index contributed by atoms with van der Waals surface area (Å²) in [6.07, 6.45) is 0. The van der Waals surface area contributed by atoms with E-state index in [4.69, 9.17) is 0 Å². The van der Waals surface area contributed by atoms with Crippen LogP contribution < -0.4 is 10.6 Å². The van der Waals surface area contributed by atoms with Crippen LogP contribution >= 0.6 is 11.8 Å². The molecule has 0 spiro atoms. The Kier molecular flexibility index (Phi) is 5.71. The maximum absolute atomic E-state index is 12.0. The van der Waals surface area contributed by atoms with Gasteiger partial charge in [0.1, 0.15) is 17.5 Å². The number of aromatic nitrogens is 2. The lowest BCUT2D eigenvalue weighted by atomic mass is 10.2. The van der Waals surface area contributed by atoms with Crippen molar-refractivity contribution >= 4 is 23.4 Å². The van der Waals surface area contributed by atoms with Crippen molar-refractivity contribution in [3.63, 3.8) is 0 Å². The molecule has 0 aliphatic carbocycles. The van der Waals surface area contributed by atoms with Gasteiger partial charge in [0.2, 0.25) is 0 Å². The highest BCUT2D eigenvalue weighted by molar-refractivity contribution is 8.00. The van der Waals surface area contributed by atoms with Gasteiger partial charge in [-0.25, -0.2) is 9.97 Å². The largest absolute Gasteiger partial charge is 0.441 e. The first-order valence-corrected chi connectivity index (χ1v) is 6.81. The van der Waals surface area contributed by atoms with Gasteiger partial charge in [0.15, 0.2) is 0 Å². The lowest BCUT2D eigenvalue weighted by Gasteiger charge is -2.11. The summed E-state index contributed by atoms with van der Waals surface area (Å²) < 4.78 is 35.9. The van der Waals surface area contributed by atoms with Crippen LogP contribution in [-0.4, -0.2) is 34.8 Å². The number of hydrogen-bond donors (Lipinski definition) is 2. The molecule has 0 saturated carbocycles. The van der Waals surface area contributed by atoms with Crippen molar-refractivity contribution < 1.29 is 13.2 Å². The highest BCUT2D eigenvalue weighted by Gasteiger charge is 2.27. The van der Waals surface area contributed by atoms with Gasteiger partial charge < -0.3 is 10.6 Å². The molecule has 0 aliphatic rings. The quantitative estimate of drug-likeness (QED) is 0.788. The van der Waals surface area contributed by atoms with Crippen LogP contribution in [-0.2, 0) is 0 Å². The van der Waals surface area contributed by atoms with Gasteiger partial charge in [-0.1, -0.05) is 13.8 Å². The lowest BCUT2D eigenvalue weighted by molar-refractivity contribution is -0.0327. The van der Waals surface area contributed by atoms with Gasteiger partial charge >= 0.3 is 5.51 Å². The van der Waals surface area contributed by atoms with Gasteiger partial charge in [-0.05, 0) is 11.8 Å².